The van der Waals surface area contributed by atoms with E-state index < -0.39 is 0 Å². The second kappa shape index (κ2) is 8.33. The molecule has 0 spiro atoms. The maximum Gasteiger partial charge on any atom is 0.251 e. The summed E-state index contributed by atoms with van der Waals surface area (Å²) in [4.78, 5) is 14.8. The van der Waals surface area contributed by atoms with Crippen LogP contribution in [0.3, 0.4) is 0 Å². The smallest absolute Gasteiger partial charge is 0.251 e. The van der Waals surface area contributed by atoms with Crippen molar-refractivity contribution in [1.29, 1.82) is 0 Å². The molecule has 1 aliphatic heterocycles. The number of morpholine rings is 1. The summed E-state index contributed by atoms with van der Waals surface area (Å²) in [5.41, 5.74) is 3.02. The molecule has 4 rings (SSSR count). The molecule has 1 N–H and O–H groups in total. The molecule has 0 saturated carbocycles. The second-order valence-electron chi connectivity index (χ2n) is 6.95. The molecular formula is C23H24N2O2. The van der Waals surface area contributed by atoms with Gasteiger partial charge in [0.15, 0.2) is 0 Å². The fraction of sp³-hybridized carbons (Fsp3) is 0.261. The molecule has 0 atom stereocenters. The molecular weight excluding hydrogens is 336 g/mol. The highest BCUT2D eigenvalue weighted by molar-refractivity contribution is 5.94. The first-order valence-corrected chi connectivity index (χ1v) is 9.43. The minimum atomic E-state index is -0.0407. The number of ether oxygens (including phenoxy) is 1. The Balaban J connectivity index is 1.34. The van der Waals surface area contributed by atoms with Crippen molar-refractivity contribution < 1.29 is 9.53 Å². The Morgan fingerprint density at radius 3 is 2.37 bits per heavy atom. The molecule has 1 heterocycles. The molecule has 3 aromatic carbocycles. The summed E-state index contributed by atoms with van der Waals surface area (Å²) in [6.07, 6.45) is 0. The van der Waals surface area contributed by atoms with E-state index in [0.29, 0.717) is 12.1 Å². The van der Waals surface area contributed by atoms with Crippen LogP contribution in [0.1, 0.15) is 21.5 Å². The summed E-state index contributed by atoms with van der Waals surface area (Å²) < 4.78 is 5.38. The Hall–Kier alpha value is -2.69. The van der Waals surface area contributed by atoms with E-state index in [2.05, 4.69) is 40.5 Å². The van der Waals surface area contributed by atoms with Gasteiger partial charge in [0.05, 0.1) is 13.2 Å². The van der Waals surface area contributed by atoms with Gasteiger partial charge < -0.3 is 10.1 Å². The first-order valence-electron chi connectivity index (χ1n) is 9.43. The van der Waals surface area contributed by atoms with Crippen LogP contribution >= 0.6 is 0 Å². The van der Waals surface area contributed by atoms with Gasteiger partial charge in [-0.2, -0.15) is 0 Å². The number of nitrogens with zero attached hydrogens (tertiary/aromatic N) is 1. The van der Waals surface area contributed by atoms with Crippen molar-refractivity contribution in [3.63, 3.8) is 0 Å². The zero-order chi connectivity index (χ0) is 18.5. The zero-order valence-corrected chi connectivity index (χ0v) is 15.4. The van der Waals surface area contributed by atoms with E-state index in [1.807, 2.05) is 36.4 Å². The largest absolute Gasteiger partial charge is 0.379 e. The van der Waals surface area contributed by atoms with Gasteiger partial charge in [-0.25, -0.2) is 0 Å². The topological polar surface area (TPSA) is 41.6 Å². The normalized spacial score (nSPS) is 15.0. The number of rotatable bonds is 5. The highest BCUT2D eigenvalue weighted by atomic mass is 16.5. The van der Waals surface area contributed by atoms with E-state index >= 15 is 0 Å². The van der Waals surface area contributed by atoms with Crippen LogP contribution in [-0.4, -0.2) is 37.1 Å². The molecule has 1 aliphatic rings. The van der Waals surface area contributed by atoms with Crippen LogP contribution in [0, 0.1) is 0 Å². The quantitative estimate of drug-likeness (QED) is 0.756. The van der Waals surface area contributed by atoms with Crippen LogP contribution < -0.4 is 5.32 Å². The van der Waals surface area contributed by atoms with Crippen LogP contribution in [0.5, 0.6) is 0 Å². The number of hydrogen-bond acceptors (Lipinski definition) is 3. The third-order valence-electron chi connectivity index (χ3n) is 4.99. The summed E-state index contributed by atoms with van der Waals surface area (Å²) in [5.74, 6) is -0.0407. The molecule has 138 valence electrons. The lowest BCUT2D eigenvalue weighted by Gasteiger charge is -2.26. The fourth-order valence-corrected chi connectivity index (χ4v) is 3.41. The van der Waals surface area contributed by atoms with Crippen molar-refractivity contribution in [2.45, 2.75) is 13.1 Å². The van der Waals surface area contributed by atoms with E-state index in [-0.39, 0.29) is 5.91 Å². The Bertz CT molecular complexity index is 915. The summed E-state index contributed by atoms with van der Waals surface area (Å²) in [5, 5.41) is 5.42. The van der Waals surface area contributed by atoms with Gasteiger partial charge in [0.25, 0.3) is 5.91 Å². The first-order chi connectivity index (χ1) is 13.3. The van der Waals surface area contributed by atoms with Crippen LogP contribution in [0.25, 0.3) is 10.8 Å². The van der Waals surface area contributed by atoms with E-state index in [4.69, 9.17) is 4.74 Å². The van der Waals surface area contributed by atoms with E-state index in [0.717, 1.165) is 38.4 Å². The van der Waals surface area contributed by atoms with Crippen molar-refractivity contribution in [3.8, 4) is 0 Å². The SMILES string of the molecule is O=C(NCc1ccc2ccccc2c1)c1ccc(CN2CCOCC2)cc1. The fourth-order valence-electron chi connectivity index (χ4n) is 3.41. The van der Waals surface area contributed by atoms with Gasteiger partial charge >= 0.3 is 0 Å². The lowest BCUT2D eigenvalue weighted by atomic mass is 10.1. The van der Waals surface area contributed by atoms with Gasteiger partial charge in [0.2, 0.25) is 0 Å². The molecule has 1 saturated heterocycles. The average Bonchev–Trinajstić information content (AvgIpc) is 2.73. The molecule has 1 fully saturated rings. The molecule has 0 radical (unpaired) electrons. The van der Waals surface area contributed by atoms with Crippen LogP contribution in [-0.2, 0) is 17.8 Å². The van der Waals surface area contributed by atoms with Gasteiger partial charge in [0, 0.05) is 31.7 Å². The van der Waals surface area contributed by atoms with Crippen molar-refractivity contribution in [1.82, 2.24) is 10.2 Å². The second-order valence-corrected chi connectivity index (χ2v) is 6.95. The Kier molecular flexibility index (Phi) is 5.47. The molecule has 27 heavy (non-hydrogen) atoms. The Morgan fingerprint density at radius 1 is 0.889 bits per heavy atom. The molecule has 4 nitrogen and oxygen atoms in total. The molecule has 1 amide bonds. The predicted octanol–water partition coefficient (Wildman–Crippen LogP) is 3.60. The number of fused-ring (bicyclic) bond motifs is 1. The molecule has 4 heteroatoms. The molecule has 0 aliphatic carbocycles. The zero-order valence-electron chi connectivity index (χ0n) is 15.4. The summed E-state index contributed by atoms with van der Waals surface area (Å²) in [6, 6.07) is 22.4. The van der Waals surface area contributed by atoms with Gasteiger partial charge in [-0.05, 0) is 40.1 Å². The van der Waals surface area contributed by atoms with Crippen molar-refractivity contribution >= 4 is 16.7 Å². The van der Waals surface area contributed by atoms with Crippen molar-refractivity contribution in [2.75, 3.05) is 26.3 Å². The van der Waals surface area contributed by atoms with Crippen LogP contribution in [0.15, 0.2) is 66.7 Å². The summed E-state index contributed by atoms with van der Waals surface area (Å²) in [7, 11) is 0. The van der Waals surface area contributed by atoms with Crippen LogP contribution in [0.2, 0.25) is 0 Å². The number of nitrogens with one attached hydrogen (secondary N) is 1. The minimum absolute atomic E-state index is 0.0407. The maximum absolute atomic E-state index is 12.4. The van der Waals surface area contributed by atoms with E-state index in [1.54, 1.807) is 0 Å². The monoisotopic (exact) mass is 360 g/mol. The molecule has 3 aromatic rings. The third-order valence-corrected chi connectivity index (χ3v) is 4.99. The number of benzene rings is 3. The van der Waals surface area contributed by atoms with Crippen LogP contribution in [0.4, 0.5) is 0 Å². The van der Waals surface area contributed by atoms with Gasteiger partial charge in [-0.3, -0.25) is 9.69 Å². The van der Waals surface area contributed by atoms with E-state index in [9.17, 15) is 4.79 Å². The highest BCUT2D eigenvalue weighted by Crippen LogP contribution is 2.16. The highest BCUT2D eigenvalue weighted by Gasteiger charge is 2.11. The van der Waals surface area contributed by atoms with Crippen molar-refractivity contribution in [3.05, 3.63) is 83.4 Å². The standard InChI is InChI=1S/C23H24N2O2/c26-23(24-16-19-7-8-20-3-1-2-4-22(20)15-19)21-9-5-18(6-10-21)17-25-11-13-27-14-12-25/h1-10,15H,11-14,16-17H2,(H,24,26). The van der Waals surface area contributed by atoms with Gasteiger partial charge in [0.1, 0.15) is 0 Å². The molecule has 0 unspecified atom stereocenters. The maximum atomic E-state index is 12.4. The van der Waals surface area contributed by atoms with Gasteiger partial charge in [-0.1, -0.05) is 48.5 Å². The lowest BCUT2D eigenvalue weighted by molar-refractivity contribution is 0.0342. The van der Waals surface area contributed by atoms with Gasteiger partial charge in [-0.15, -0.1) is 0 Å². The number of amides is 1. The van der Waals surface area contributed by atoms with Crippen molar-refractivity contribution in [2.24, 2.45) is 0 Å². The van der Waals surface area contributed by atoms with E-state index in [1.165, 1.54) is 16.3 Å². The molecule has 0 aromatic heterocycles. The number of carbonyl (C=O) groups is 1. The first kappa shape index (κ1) is 17.7. The number of carbonyl (C=O) groups excluding carboxylic acids is 1. The lowest BCUT2D eigenvalue weighted by Crippen LogP contribution is -2.35. The Labute approximate surface area is 159 Å². The summed E-state index contributed by atoms with van der Waals surface area (Å²) >= 11 is 0. The Morgan fingerprint density at radius 2 is 1.59 bits per heavy atom. The minimum Gasteiger partial charge on any atom is -0.379 e. The predicted molar refractivity (Wildman–Crippen MR) is 108 cm³/mol. The number of hydrogen-bond donors (Lipinski definition) is 1. The summed E-state index contributed by atoms with van der Waals surface area (Å²) in [6.45, 7) is 4.97. The average molecular weight is 360 g/mol. The third kappa shape index (κ3) is 4.54. The molecule has 0 bridgehead atoms.